The van der Waals surface area contributed by atoms with Crippen molar-refractivity contribution in [3.05, 3.63) is 77.2 Å². The maximum Gasteiger partial charge on any atom is 0.262 e. The quantitative estimate of drug-likeness (QED) is 0.566. The third kappa shape index (κ3) is 4.17. The van der Waals surface area contributed by atoms with Crippen molar-refractivity contribution in [2.45, 2.75) is 44.8 Å². The van der Waals surface area contributed by atoms with Crippen LogP contribution in [-0.4, -0.2) is 26.4 Å². The Morgan fingerprint density at radius 3 is 2.13 bits per heavy atom. The van der Waals surface area contributed by atoms with E-state index in [9.17, 15) is 0 Å². The molecule has 1 aliphatic heterocycles. The third-order valence-electron chi connectivity index (χ3n) is 6.18. The van der Waals surface area contributed by atoms with Gasteiger partial charge in [-0.2, -0.15) is 0 Å². The molecule has 2 unspecified atom stereocenters. The lowest BCUT2D eigenvalue weighted by Gasteiger charge is -2.46. The highest BCUT2D eigenvalue weighted by Crippen LogP contribution is 2.43. The van der Waals surface area contributed by atoms with E-state index in [2.05, 4.69) is 92.1 Å². The normalized spacial score (nSPS) is 18.8. The molecule has 30 heavy (non-hydrogen) atoms. The van der Waals surface area contributed by atoms with Crippen molar-refractivity contribution in [3.8, 4) is 0 Å². The number of rotatable bonds is 6. The Hall–Kier alpha value is -1.79. The van der Waals surface area contributed by atoms with Gasteiger partial charge in [0.2, 0.25) is 0 Å². The van der Waals surface area contributed by atoms with Gasteiger partial charge in [-0.1, -0.05) is 81.4 Å². The van der Waals surface area contributed by atoms with E-state index in [0.29, 0.717) is 5.92 Å². The largest absolute Gasteiger partial charge is 0.398 e. The van der Waals surface area contributed by atoms with Gasteiger partial charge in [-0.15, -0.1) is 11.3 Å². The number of thiazole rings is 1. The lowest BCUT2D eigenvalue weighted by Crippen LogP contribution is -2.67. The molecular formula is C25H32N2OSSi. The zero-order chi connectivity index (χ0) is 21.0. The summed E-state index contributed by atoms with van der Waals surface area (Å²) in [6.07, 6.45) is 4.29. The zero-order valence-electron chi connectivity index (χ0n) is 18.2. The number of nitrogens with zero attached hydrogens (tertiary/aromatic N) is 1. The second-order valence-corrected chi connectivity index (χ2v) is 14.4. The highest BCUT2D eigenvalue weighted by atomic mass is 32.1. The fraction of sp³-hybridized carbons (Fsp3) is 0.400. The molecule has 1 saturated heterocycles. The van der Waals surface area contributed by atoms with Crippen LogP contribution in [0.4, 0.5) is 0 Å². The first-order chi connectivity index (χ1) is 14.5. The molecule has 2 aromatic carbocycles. The van der Waals surface area contributed by atoms with E-state index in [-0.39, 0.29) is 11.1 Å². The van der Waals surface area contributed by atoms with Gasteiger partial charge in [0, 0.05) is 24.0 Å². The predicted molar refractivity (Wildman–Crippen MR) is 129 cm³/mol. The van der Waals surface area contributed by atoms with Gasteiger partial charge in [-0.25, -0.2) is 4.98 Å². The summed E-state index contributed by atoms with van der Waals surface area (Å²) in [5.74, 6) is 0.437. The van der Waals surface area contributed by atoms with E-state index in [1.807, 2.05) is 6.20 Å². The topological polar surface area (TPSA) is 34.1 Å². The van der Waals surface area contributed by atoms with Crippen LogP contribution < -0.4 is 15.7 Å². The Balaban J connectivity index is 1.88. The Bertz CT molecular complexity index is 864. The van der Waals surface area contributed by atoms with Crippen LogP contribution >= 0.6 is 11.3 Å². The van der Waals surface area contributed by atoms with Crippen molar-refractivity contribution in [1.82, 2.24) is 10.3 Å². The minimum absolute atomic E-state index is 0.00380. The minimum atomic E-state index is -2.61. The van der Waals surface area contributed by atoms with Crippen molar-refractivity contribution in [2.75, 3.05) is 13.1 Å². The van der Waals surface area contributed by atoms with Crippen LogP contribution in [0.3, 0.4) is 0 Å². The van der Waals surface area contributed by atoms with Crippen LogP contribution in [0.25, 0.3) is 0 Å². The number of hydrogen-bond acceptors (Lipinski definition) is 4. The van der Waals surface area contributed by atoms with E-state index in [0.717, 1.165) is 18.1 Å². The molecule has 5 heteroatoms. The van der Waals surface area contributed by atoms with E-state index in [4.69, 9.17) is 9.41 Å². The summed E-state index contributed by atoms with van der Waals surface area (Å²) < 4.78 is 7.51. The van der Waals surface area contributed by atoms with Gasteiger partial charge >= 0.3 is 0 Å². The van der Waals surface area contributed by atoms with Gasteiger partial charge in [-0.3, -0.25) is 0 Å². The molecule has 158 valence electrons. The summed E-state index contributed by atoms with van der Waals surface area (Å²) in [5.41, 5.74) is 0. The molecule has 1 aliphatic rings. The van der Waals surface area contributed by atoms with Gasteiger partial charge in [0.25, 0.3) is 8.32 Å². The van der Waals surface area contributed by atoms with Crippen LogP contribution in [0.2, 0.25) is 5.04 Å². The summed E-state index contributed by atoms with van der Waals surface area (Å²) in [6.45, 7) is 9.12. The van der Waals surface area contributed by atoms with E-state index >= 15 is 0 Å². The van der Waals surface area contributed by atoms with Crippen molar-refractivity contribution >= 4 is 30.0 Å². The lowest BCUT2D eigenvalue weighted by molar-refractivity contribution is 0.105. The molecule has 0 radical (unpaired) electrons. The van der Waals surface area contributed by atoms with Crippen LogP contribution in [0.1, 0.15) is 44.7 Å². The first-order valence-electron chi connectivity index (χ1n) is 10.9. The Kier molecular flexibility index (Phi) is 6.53. The highest BCUT2D eigenvalue weighted by molar-refractivity contribution is 7.09. The Morgan fingerprint density at radius 1 is 1.03 bits per heavy atom. The molecule has 0 spiro atoms. The summed E-state index contributed by atoms with van der Waals surface area (Å²) in [6, 6.07) is 21.9. The number of piperidine rings is 1. The molecule has 2 heterocycles. The van der Waals surface area contributed by atoms with Crippen molar-refractivity contribution < 1.29 is 4.43 Å². The number of aromatic nitrogens is 1. The number of hydrogen-bond donors (Lipinski definition) is 1. The first kappa shape index (κ1) is 21.4. The fourth-order valence-electron chi connectivity index (χ4n) is 4.74. The average molecular weight is 437 g/mol. The molecule has 0 amide bonds. The van der Waals surface area contributed by atoms with Crippen LogP contribution in [-0.2, 0) is 4.43 Å². The molecule has 2 atom stereocenters. The maximum atomic E-state index is 7.51. The summed E-state index contributed by atoms with van der Waals surface area (Å²) in [4.78, 5) is 4.73. The minimum Gasteiger partial charge on any atom is -0.398 e. The standard InChI is InChI=1S/C25H32N2OSSi/c1-25(2,3)30(21-12-6-4-7-13-21,22-14-8-5-9-15-22)28-23(24-27-17-18-29-24)20-11-10-16-26-19-20/h4-9,12-15,17-18,20,23,26H,10-11,16,19H2,1-3H3. The highest BCUT2D eigenvalue weighted by Gasteiger charge is 2.52. The molecule has 3 aromatic rings. The number of benzene rings is 2. The molecule has 4 rings (SSSR count). The molecule has 0 saturated carbocycles. The van der Waals surface area contributed by atoms with Gasteiger partial charge < -0.3 is 9.74 Å². The van der Waals surface area contributed by atoms with Crippen molar-refractivity contribution in [2.24, 2.45) is 5.92 Å². The summed E-state index contributed by atoms with van der Waals surface area (Å²) >= 11 is 1.72. The lowest BCUT2D eigenvalue weighted by atomic mass is 9.94. The SMILES string of the molecule is CC(C)(C)[Si](OC(c1nccs1)C1CCCNC1)(c1ccccc1)c1ccccc1. The fourth-order valence-corrected chi connectivity index (χ4v) is 10.3. The van der Waals surface area contributed by atoms with Crippen LogP contribution in [0, 0.1) is 5.92 Å². The average Bonchev–Trinajstić information content (AvgIpc) is 3.30. The second-order valence-electron chi connectivity index (χ2n) is 9.18. The van der Waals surface area contributed by atoms with Gasteiger partial charge in [0.1, 0.15) is 11.1 Å². The van der Waals surface area contributed by atoms with Crippen molar-refractivity contribution in [3.63, 3.8) is 0 Å². The summed E-state index contributed by atoms with van der Waals surface area (Å²) in [5, 5.41) is 9.40. The van der Waals surface area contributed by atoms with Crippen molar-refractivity contribution in [1.29, 1.82) is 0 Å². The molecule has 1 N–H and O–H groups in total. The molecule has 1 aromatic heterocycles. The third-order valence-corrected chi connectivity index (χ3v) is 12.0. The predicted octanol–water partition coefficient (Wildman–Crippen LogP) is 4.76. The van der Waals surface area contributed by atoms with Crippen LogP contribution in [0.5, 0.6) is 0 Å². The van der Waals surface area contributed by atoms with Crippen LogP contribution in [0.15, 0.2) is 72.2 Å². The zero-order valence-corrected chi connectivity index (χ0v) is 20.0. The molecule has 0 aliphatic carbocycles. The molecule has 1 fully saturated rings. The maximum absolute atomic E-state index is 7.51. The number of nitrogens with one attached hydrogen (secondary N) is 1. The summed E-state index contributed by atoms with van der Waals surface area (Å²) in [7, 11) is -2.61. The van der Waals surface area contributed by atoms with Gasteiger partial charge in [-0.05, 0) is 34.8 Å². The van der Waals surface area contributed by atoms with E-state index in [1.165, 1.54) is 23.2 Å². The first-order valence-corrected chi connectivity index (χ1v) is 13.7. The molecule has 0 bridgehead atoms. The van der Waals surface area contributed by atoms with Gasteiger partial charge in [0.15, 0.2) is 0 Å². The Labute approximate surface area is 185 Å². The van der Waals surface area contributed by atoms with E-state index in [1.54, 1.807) is 11.3 Å². The van der Waals surface area contributed by atoms with Gasteiger partial charge in [0.05, 0.1) is 0 Å². The molecular weight excluding hydrogens is 404 g/mol. The smallest absolute Gasteiger partial charge is 0.262 e. The Morgan fingerprint density at radius 2 is 1.67 bits per heavy atom. The second kappa shape index (κ2) is 9.14. The monoisotopic (exact) mass is 436 g/mol. The molecule has 3 nitrogen and oxygen atoms in total. The van der Waals surface area contributed by atoms with E-state index < -0.39 is 8.32 Å².